The second-order valence-corrected chi connectivity index (χ2v) is 14.5. The molecule has 0 saturated carbocycles. The normalized spacial score (nSPS) is 12.2. The Morgan fingerprint density at radius 3 is 1.15 bits per heavy atom. The second kappa shape index (κ2) is 39.1. The number of carbonyl (C=O) groups excluding carboxylic acids is 1. The zero-order chi connectivity index (χ0) is 34.3. The molecule has 0 amide bonds. The fourth-order valence-electron chi connectivity index (χ4n) is 6.59. The van der Waals surface area contributed by atoms with Crippen LogP contribution in [-0.4, -0.2) is 23.1 Å². The lowest BCUT2D eigenvalue weighted by Gasteiger charge is -2.18. The molecule has 1 N–H and O–H groups in total. The van der Waals surface area contributed by atoms with E-state index in [0.29, 0.717) is 6.42 Å². The molecule has 0 bridgehead atoms. The van der Waals surface area contributed by atoms with Crippen molar-refractivity contribution in [3.63, 3.8) is 0 Å². The molecule has 278 valence electrons. The van der Waals surface area contributed by atoms with Crippen LogP contribution in [0.15, 0.2) is 12.2 Å². The van der Waals surface area contributed by atoms with Crippen LogP contribution in [-0.2, 0) is 14.3 Å². The van der Waals surface area contributed by atoms with Gasteiger partial charge in [0.05, 0.1) is 0 Å². The number of rotatable bonds is 39. The Bertz CT molecular complexity index is 673. The van der Waals surface area contributed by atoms with Gasteiger partial charge >= 0.3 is 11.9 Å². The van der Waals surface area contributed by atoms with Crippen LogP contribution in [0.1, 0.15) is 245 Å². The molecule has 4 heteroatoms. The van der Waals surface area contributed by atoms with Gasteiger partial charge in [0.1, 0.15) is 6.10 Å². The van der Waals surface area contributed by atoms with Gasteiger partial charge in [0, 0.05) is 12.8 Å². The smallest absolute Gasteiger partial charge is 0.306 e. The SMILES string of the molecule is CCCCCCCC/C=C\CCCCCCCCCC(=O)OC(CCCCCCCCCCCCCC)CCCCCCCC(=O)O. The first kappa shape index (κ1) is 45.7. The second-order valence-electron chi connectivity index (χ2n) is 14.5. The zero-order valence-corrected chi connectivity index (χ0v) is 31.9. The van der Waals surface area contributed by atoms with Crippen LogP contribution >= 0.6 is 0 Å². The van der Waals surface area contributed by atoms with Crippen molar-refractivity contribution in [2.45, 2.75) is 251 Å². The van der Waals surface area contributed by atoms with Crippen molar-refractivity contribution < 1.29 is 19.4 Å². The number of hydrogen-bond acceptors (Lipinski definition) is 3. The lowest BCUT2D eigenvalue weighted by atomic mass is 10.0. The van der Waals surface area contributed by atoms with E-state index in [1.165, 1.54) is 154 Å². The van der Waals surface area contributed by atoms with Crippen molar-refractivity contribution in [1.82, 2.24) is 0 Å². The maximum absolute atomic E-state index is 12.7. The van der Waals surface area contributed by atoms with Gasteiger partial charge in [0.2, 0.25) is 0 Å². The molecule has 0 aromatic heterocycles. The molecule has 1 atom stereocenters. The third kappa shape index (κ3) is 39.0. The lowest BCUT2D eigenvalue weighted by molar-refractivity contribution is -0.150. The summed E-state index contributed by atoms with van der Waals surface area (Å²) in [6.45, 7) is 4.56. The van der Waals surface area contributed by atoms with E-state index in [4.69, 9.17) is 9.84 Å². The van der Waals surface area contributed by atoms with Crippen molar-refractivity contribution >= 4 is 11.9 Å². The van der Waals surface area contributed by atoms with Crippen LogP contribution in [0.25, 0.3) is 0 Å². The maximum Gasteiger partial charge on any atom is 0.306 e. The highest BCUT2D eigenvalue weighted by Gasteiger charge is 2.14. The van der Waals surface area contributed by atoms with E-state index in [9.17, 15) is 9.59 Å². The topological polar surface area (TPSA) is 63.6 Å². The van der Waals surface area contributed by atoms with Crippen LogP contribution in [0.2, 0.25) is 0 Å². The van der Waals surface area contributed by atoms with Crippen molar-refractivity contribution in [3.05, 3.63) is 12.2 Å². The van der Waals surface area contributed by atoms with Gasteiger partial charge in [-0.1, -0.05) is 180 Å². The van der Waals surface area contributed by atoms with Crippen LogP contribution in [0.5, 0.6) is 0 Å². The summed E-state index contributed by atoms with van der Waals surface area (Å²) in [5, 5.41) is 8.83. The van der Waals surface area contributed by atoms with Crippen molar-refractivity contribution in [2.75, 3.05) is 0 Å². The van der Waals surface area contributed by atoms with E-state index in [2.05, 4.69) is 26.0 Å². The van der Waals surface area contributed by atoms with Gasteiger partial charge in [-0.25, -0.2) is 0 Å². The van der Waals surface area contributed by atoms with E-state index in [1.54, 1.807) is 0 Å². The minimum absolute atomic E-state index is 0.00291. The van der Waals surface area contributed by atoms with Gasteiger partial charge < -0.3 is 9.84 Å². The summed E-state index contributed by atoms with van der Waals surface area (Å²) in [6, 6.07) is 0. The van der Waals surface area contributed by atoms with Gasteiger partial charge in [-0.3, -0.25) is 9.59 Å². The van der Waals surface area contributed by atoms with E-state index < -0.39 is 5.97 Å². The molecule has 0 aliphatic rings. The first-order valence-corrected chi connectivity index (χ1v) is 21.2. The Balaban J connectivity index is 3.97. The molecule has 47 heavy (non-hydrogen) atoms. The van der Waals surface area contributed by atoms with Gasteiger partial charge in [-0.15, -0.1) is 0 Å². The number of esters is 1. The summed E-state index contributed by atoms with van der Waals surface area (Å²) in [6.07, 6.45) is 48.1. The Hall–Kier alpha value is -1.32. The zero-order valence-electron chi connectivity index (χ0n) is 31.9. The van der Waals surface area contributed by atoms with Crippen LogP contribution < -0.4 is 0 Å². The van der Waals surface area contributed by atoms with Gasteiger partial charge in [0.15, 0.2) is 0 Å². The summed E-state index contributed by atoms with van der Waals surface area (Å²) in [5.74, 6) is -0.695. The quantitative estimate of drug-likeness (QED) is 0.0404. The fraction of sp³-hybridized carbons (Fsp3) is 0.907. The van der Waals surface area contributed by atoms with Crippen LogP contribution in [0.3, 0.4) is 0 Å². The standard InChI is InChI=1S/C43H82O4/c1-3-5-7-9-11-13-15-17-18-19-20-21-23-25-27-32-36-40-43(46)47-41(38-34-30-28-31-35-39-42(44)45)37-33-29-26-24-22-16-14-12-10-8-6-4-2/h17-18,41H,3-16,19-40H2,1-2H3,(H,44,45)/b18-17-. The summed E-state index contributed by atoms with van der Waals surface area (Å²) >= 11 is 0. The molecule has 0 aliphatic carbocycles. The summed E-state index contributed by atoms with van der Waals surface area (Å²) in [5.41, 5.74) is 0. The number of ether oxygens (including phenoxy) is 1. The molecule has 0 heterocycles. The Morgan fingerprint density at radius 2 is 0.766 bits per heavy atom. The molecule has 0 spiro atoms. The van der Waals surface area contributed by atoms with E-state index >= 15 is 0 Å². The van der Waals surface area contributed by atoms with Gasteiger partial charge in [-0.2, -0.15) is 0 Å². The molecule has 0 saturated heterocycles. The minimum atomic E-state index is -0.698. The molecule has 0 aromatic carbocycles. The first-order chi connectivity index (χ1) is 23.1. The molecule has 1 unspecified atom stereocenters. The first-order valence-electron chi connectivity index (χ1n) is 21.2. The number of unbranched alkanes of at least 4 members (excludes halogenated alkanes) is 28. The number of hydrogen-bond donors (Lipinski definition) is 1. The molecule has 0 aliphatic heterocycles. The van der Waals surface area contributed by atoms with Crippen molar-refractivity contribution in [3.8, 4) is 0 Å². The minimum Gasteiger partial charge on any atom is -0.481 e. The molecular formula is C43H82O4. The Morgan fingerprint density at radius 1 is 0.447 bits per heavy atom. The average Bonchev–Trinajstić information content (AvgIpc) is 3.05. The monoisotopic (exact) mass is 663 g/mol. The molecule has 0 rings (SSSR count). The van der Waals surface area contributed by atoms with Gasteiger partial charge in [-0.05, 0) is 64.2 Å². The molecule has 0 radical (unpaired) electrons. The van der Waals surface area contributed by atoms with E-state index in [0.717, 1.165) is 64.2 Å². The molecule has 0 aromatic rings. The molecule has 4 nitrogen and oxygen atoms in total. The van der Waals surface area contributed by atoms with Crippen LogP contribution in [0.4, 0.5) is 0 Å². The fourth-order valence-corrected chi connectivity index (χ4v) is 6.59. The number of allylic oxidation sites excluding steroid dienone is 2. The third-order valence-electron chi connectivity index (χ3n) is 9.74. The Kier molecular flexibility index (Phi) is 38.0. The maximum atomic E-state index is 12.7. The summed E-state index contributed by atoms with van der Waals surface area (Å²) in [7, 11) is 0. The predicted octanol–water partition coefficient (Wildman–Crippen LogP) is 14.6. The van der Waals surface area contributed by atoms with E-state index in [-0.39, 0.29) is 18.5 Å². The highest BCUT2D eigenvalue weighted by molar-refractivity contribution is 5.69. The average molecular weight is 663 g/mol. The highest BCUT2D eigenvalue weighted by Crippen LogP contribution is 2.19. The molecular weight excluding hydrogens is 580 g/mol. The third-order valence-corrected chi connectivity index (χ3v) is 9.74. The number of aliphatic carboxylic acids is 1. The summed E-state index contributed by atoms with van der Waals surface area (Å²) < 4.78 is 6.02. The summed E-state index contributed by atoms with van der Waals surface area (Å²) in [4.78, 5) is 23.4. The number of carbonyl (C=O) groups is 2. The number of carboxylic acid groups (broad SMARTS) is 1. The largest absolute Gasteiger partial charge is 0.481 e. The van der Waals surface area contributed by atoms with Crippen LogP contribution in [0, 0.1) is 0 Å². The van der Waals surface area contributed by atoms with E-state index in [1.807, 2.05) is 0 Å². The van der Waals surface area contributed by atoms with Gasteiger partial charge in [0.25, 0.3) is 0 Å². The molecule has 0 fully saturated rings. The van der Waals surface area contributed by atoms with Crippen molar-refractivity contribution in [1.29, 1.82) is 0 Å². The van der Waals surface area contributed by atoms with Crippen molar-refractivity contribution in [2.24, 2.45) is 0 Å². The predicted molar refractivity (Wildman–Crippen MR) is 204 cm³/mol. The number of carboxylic acids is 1. The highest BCUT2D eigenvalue weighted by atomic mass is 16.5. The lowest BCUT2D eigenvalue weighted by Crippen LogP contribution is -2.18. The Labute approximate surface area is 294 Å².